The molecular weight excluding hydrogens is 263 g/mol. The monoisotopic (exact) mass is 272 g/mol. The Bertz CT molecular complexity index is 507. The number of carbonyl (C=O) groups is 1. The number of nitrogens with one attached hydrogen (secondary N) is 1. The molecule has 0 radical (unpaired) electrons. The van der Waals surface area contributed by atoms with Crippen molar-refractivity contribution in [3.63, 3.8) is 0 Å². The molecule has 96 valence electrons. The average Bonchev–Trinajstić information content (AvgIpc) is 2.76. The van der Waals surface area contributed by atoms with E-state index in [2.05, 4.69) is 15.5 Å². The fourth-order valence-electron chi connectivity index (χ4n) is 1.63. The van der Waals surface area contributed by atoms with Gasteiger partial charge in [-0.25, -0.2) is 9.74 Å². The van der Waals surface area contributed by atoms with Crippen LogP contribution in [0.15, 0.2) is 23.3 Å². The number of ether oxygens (including phenoxy) is 1. The standard InChI is InChI=1S/C11H10ClFN2O3/c1-6-5-17-9-3-2-7(4-8(6)9)14-15-10(12)11(16)18-13/h2-4,6,14H,5H2,1H3/b15-10-. The second-order valence-corrected chi connectivity index (χ2v) is 4.20. The number of hydrogen-bond donors (Lipinski definition) is 1. The van der Waals surface area contributed by atoms with Crippen molar-refractivity contribution in [1.29, 1.82) is 0 Å². The first-order valence-electron chi connectivity index (χ1n) is 5.20. The molecule has 1 aromatic carbocycles. The average molecular weight is 273 g/mol. The molecular formula is C11H10ClFN2O3. The van der Waals surface area contributed by atoms with Crippen molar-refractivity contribution in [2.45, 2.75) is 12.8 Å². The molecule has 0 bridgehead atoms. The molecule has 5 nitrogen and oxygen atoms in total. The van der Waals surface area contributed by atoms with Gasteiger partial charge in [0.15, 0.2) is 0 Å². The largest absolute Gasteiger partial charge is 0.493 e. The number of fused-ring (bicyclic) bond motifs is 1. The van der Waals surface area contributed by atoms with Crippen molar-refractivity contribution in [3.8, 4) is 5.75 Å². The number of nitrogens with zero attached hydrogens (tertiary/aromatic N) is 1. The van der Waals surface area contributed by atoms with Gasteiger partial charge < -0.3 is 4.74 Å². The molecule has 0 spiro atoms. The second-order valence-electron chi connectivity index (χ2n) is 3.84. The predicted octanol–water partition coefficient (Wildman–Crippen LogP) is 2.57. The molecule has 2 rings (SSSR count). The Kier molecular flexibility index (Phi) is 3.66. The lowest BCUT2D eigenvalue weighted by Gasteiger charge is -2.04. The van der Waals surface area contributed by atoms with Gasteiger partial charge in [0.2, 0.25) is 5.17 Å². The van der Waals surface area contributed by atoms with Crippen LogP contribution in [0.1, 0.15) is 18.4 Å². The summed E-state index contributed by atoms with van der Waals surface area (Å²) >= 11 is 5.38. The Balaban J connectivity index is 2.12. The lowest BCUT2D eigenvalue weighted by atomic mass is 10.0. The first kappa shape index (κ1) is 12.6. The van der Waals surface area contributed by atoms with Gasteiger partial charge in [0.25, 0.3) is 0 Å². The van der Waals surface area contributed by atoms with Crippen molar-refractivity contribution in [2.24, 2.45) is 5.10 Å². The molecule has 0 saturated carbocycles. The zero-order valence-electron chi connectivity index (χ0n) is 9.44. The quantitative estimate of drug-likeness (QED) is 0.679. The minimum Gasteiger partial charge on any atom is -0.493 e. The number of hydrazone groups is 1. The van der Waals surface area contributed by atoms with Crippen LogP contribution in [-0.2, 0) is 9.74 Å². The van der Waals surface area contributed by atoms with Gasteiger partial charge in [0.1, 0.15) is 5.75 Å². The zero-order valence-corrected chi connectivity index (χ0v) is 10.2. The van der Waals surface area contributed by atoms with Gasteiger partial charge in [-0.05, 0) is 18.2 Å². The van der Waals surface area contributed by atoms with E-state index in [1.807, 2.05) is 13.0 Å². The SMILES string of the molecule is CC1COc2ccc(N/N=C(\Cl)C(=O)OF)cc21. The smallest absolute Gasteiger partial charge is 0.411 e. The van der Waals surface area contributed by atoms with Crippen LogP contribution in [0.2, 0.25) is 0 Å². The normalized spacial score (nSPS) is 17.9. The minimum atomic E-state index is -1.35. The molecule has 18 heavy (non-hydrogen) atoms. The first-order chi connectivity index (χ1) is 8.61. The maximum atomic E-state index is 11.5. The van der Waals surface area contributed by atoms with E-state index in [0.29, 0.717) is 12.3 Å². The highest BCUT2D eigenvalue weighted by molar-refractivity contribution is 6.82. The van der Waals surface area contributed by atoms with Gasteiger partial charge in [0.05, 0.1) is 12.3 Å². The van der Waals surface area contributed by atoms with Gasteiger partial charge in [-0.2, -0.15) is 5.10 Å². The first-order valence-corrected chi connectivity index (χ1v) is 5.58. The van der Waals surface area contributed by atoms with Crippen molar-refractivity contribution in [2.75, 3.05) is 12.0 Å². The van der Waals surface area contributed by atoms with Gasteiger partial charge in [-0.15, -0.1) is 0 Å². The molecule has 1 atom stereocenters. The van der Waals surface area contributed by atoms with E-state index in [1.54, 1.807) is 12.1 Å². The summed E-state index contributed by atoms with van der Waals surface area (Å²) < 4.78 is 17.0. The third kappa shape index (κ3) is 2.53. The Labute approximate surface area is 107 Å². The van der Waals surface area contributed by atoms with Gasteiger partial charge in [-0.1, -0.05) is 18.5 Å². The van der Waals surface area contributed by atoms with Crippen LogP contribution in [0.3, 0.4) is 0 Å². The molecule has 0 amide bonds. The number of carbonyl (C=O) groups excluding carboxylic acids is 1. The van der Waals surface area contributed by atoms with E-state index in [0.717, 1.165) is 11.3 Å². The van der Waals surface area contributed by atoms with Gasteiger partial charge >= 0.3 is 5.97 Å². The molecule has 1 aliphatic heterocycles. The molecule has 1 aromatic rings. The van der Waals surface area contributed by atoms with Crippen LogP contribution in [0.4, 0.5) is 10.2 Å². The van der Waals surface area contributed by atoms with E-state index < -0.39 is 11.1 Å². The van der Waals surface area contributed by atoms with E-state index in [1.165, 1.54) is 0 Å². The highest BCUT2D eigenvalue weighted by Crippen LogP contribution is 2.35. The Morgan fingerprint density at radius 2 is 2.44 bits per heavy atom. The van der Waals surface area contributed by atoms with Crippen molar-refractivity contribution < 1.29 is 19.0 Å². The molecule has 0 saturated heterocycles. The lowest BCUT2D eigenvalue weighted by Crippen LogP contribution is -2.09. The fourth-order valence-corrected chi connectivity index (χ4v) is 1.70. The highest BCUT2D eigenvalue weighted by atomic mass is 35.5. The molecule has 0 aliphatic carbocycles. The van der Waals surface area contributed by atoms with Crippen molar-refractivity contribution >= 4 is 28.4 Å². The molecule has 7 heteroatoms. The van der Waals surface area contributed by atoms with E-state index >= 15 is 0 Å². The third-order valence-electron chi connectivity index (χ3n) is 2.55. The van der Waals surface area contributed by atoms with Gasteiger partial charge in [-0.3, -0.25) is 5.43 Å². The Morgan fingerprint density at radius 1 is 1.67 bits per heavy atom. The minimum absolute atomic E-state index is 0.289. The molecule has 1 aliphatic rings. The van der Waals surface area contributed by atoms with E-state index in [9.17, 15) is 9.32 Å². The zero-order chi connectivity index (χ0) is 13.1. The van der Waals surface area contributed by atoms with Crippen molar-refractivity contribution in [3.05, 3.63) is 23.8 Å². The highest BCUT2D eigenvalue weighted by Gasteiger charge is 2.20. The van der Waals surface area contributed by atoms with Crippen LogP contribution in [0, 0.1) is 0 Å². The molecule has 1 unspecified atom stereocenters. The topological polar surface area (TPSA) is 59.9 Å². The summed E-state index contributed by atoms with van der Waals surface area (Å²) in [5.41, 5.74) is 4.21. The Hall–Kier alpha value is -1.82. The Morgan fingerprint density at radius 3 is 3.17 bits per heavy atom. The maximum Gasteiger partial charge on any atom is 0.411 e. The molecule has 0 fully saturated rings. The summed E-state index contributed by atoms with van der Waals surface area (Å²) in [5.74, 6) is -0.231. The predicted molar refractivity (Wildman–Crippen MR) is 64.5 cm³/mol. The van der Waals surface area contributed by atoms with Crippen LogP contribution in [0.5, 0.6) is 5.75 Å². The summed E-state index contributed by atoms with van der Waals surface area (Å²) in [6.45, 7) is 2.67. The number of halogens is 2. The van der Waals surface area contributed by atoms with Crippen molar-refractivity contribution in [1.82, 2.24) is 0 Å². The summed E-state index contributed by atoms with van der Waals surface area (Å²) in [5, 5.41) is 2.87. The molecule has 0 aromatic heterocycles. The van der Waals surface area contributed by atoms with E-state index in [4.69, 9.17) is 16.3 Å². The second kappa shape index (κ2) is 5.22. The number of benzene rings is 1. The van der Waals surface area contributed by atoms with Crippen LogP contribution in [0.25, 0.3) is 0 Å². The summed E-state index contributed by atoms with van der Waals surface area (Å²) in [6.07, 6.45) is 0. The van der Waals surface area contributed by atoms with Crippen LogP contribution in [-0.4, -0.2) is 17.7 Å². The van der Waals surface area contributed by atoms with Gasteiger partial charge in [0, 0.05) is 16.0 Å². The number of rotatable bonds is 3. The summed E-state index contributed by atoms with van der Waals surface area (Å²) in [6, 6.07) is 5.34. The van der Waals surface area contributed by atoms with Crippen LogP contribution < -0.4 is 10.2 Å². The fraction of sp³-hybridized carbons (Fsp3) is 0.273. The molecule has 1 heterocycles. The van der Waals surface area contributed by atoms with E-state index in [-0.39, 0.29) is 5.92 Å². The maximum absolute atomic E-state index is 11.5. The lowest BCUT2D eigenvalue weighted by molar-refractivity contribution is -0.173. The summed E-state index contributed by atoms with van der Waals surface area (Å²) in [4.78, 5) is 13.6. The number of anilines is 1. The summed E-state index contributed by atoms with van der Waals surface area (Å²) in [7, 11) is 0. The van der Waals surface area contributed by atoms with Crippen LogP contribution >= 0.6 is 11.6 Å². The molecule has 1 N–H and O–H groups in total. The third-order valence-corrected chi connectivity index (χ3v) is 2.79. The number of hydrogen-bond acceptors (Lipinski definition) is 5.